The topological polar surface area (TPSA) is 68.8 Å². The van der Waals surface area contributed by atoms with E-state index in [1.54, 1.807) is 26.4 Å². The van der Waals surface area contributed by atoms with E-state index >= 15 is 0 Å². The highest BCUT2D eigenvalue weighted by molar-refractivity contribution is 5.80. The molecule has 0 spiro atoms. The number of carbonyl (C=O) groups excluding carboxylic acids is 1. The van der Waals surface area contributed by atoms with Gasteiger partial charge < -0.3 is 24.8 Å². The molecule has 0 atom stereocenters. The molecule has 1 amide bonds. The zero-order chi connectivity index (χ0) is 20.6. The average Bonchev–Trinajstić information content (AvgIpc) is 2.65. The molecule has 9 heteroatoms. The third kappa shape index (κ3) is 6.90. The highest BCUT2D eigenvalue weighted by Gasteiger charge is 2.31. The summed E-state index contributed by atoms with van der Waals surface area (Å²) < 4.78 is 50.9. The molecule has 152 valence electrons. The van der Waals surface area contributed by atoms with Gasteiger partial charge in [0.25, 0.3) is 0 Å². The van der Waals surface area contributed by atoms with Crippen molar-refractivity contribution in [2.75, 3.05) is 32.6 Å². The number of hydrogen-bond donors (Lipinski definition) is 2. The molecule has 0 aliphatic rings. The van der Waals surface area contributed by atoms with Gasteiger partial charge in [-0.2, -0.15) is 0 Å². The molecule has 0 unspecified atom stereocenters. The van der Waals surface area contributed by atoms with E-state index in [9.17, 15) is 18.0 Å². The first kappa shape index (κ1) is 21.2. The second-order valence-electron chi connectivity index (χ2n) is 5.72. The van der Waals surface area contributed by atoms with Gasteiger partial charge in [-0.25, -0.2) is 0 Å². The lowest BCUT2D eigenvalue weighted by Crippen LogP contribution is -2.31. The first-order valence-corrected chi connectivity index (χ1v) is 8.38. The number of carbonyl (C=O) groups is 1. The molecule has 2 rings (SSSR count). The SMILES string of the molecule is COc1ccc(CCNC(=O)CNc2cccc(OC(F)(F)F)c2)cc1OC. The van der Waals surface area contributed by atoms with Gasteiger partial charge in [0, 0.05) is 18.3 Å². The van der Waals surface area contributed by atoms with Crippen molar-refractivity contribution in [3.63, 3.8) is 0 Å². The summed E-state index contributed by atoms with van der Waals surface area (Å²) in [5.74, 6) is 0.583. The third-order valence-corrected chi connectivity index (χ3v) is 3.70. The smallest absolute Gasteiger partial charge is 0.493 e. The van der Waals surface area contributed by atoms with Crippen LogP contribution < -0.4 is 24.8 Å². The first-order chi connectivity index (χ1) is 13.3. The molecule has 0 aliphatic carbocycles. The van der Waals surface area contributed by atoms with Crippen LogP contribution in [0.2, 0.25) is 0 Å². The zero-order valence-electron chi connectivity index (χ0n) is 15.4. The summed E-state index contributed by atoms with van der Waals surface area (Å²) in [4.78, 5) is 11.9. The minimum absolute atomic E-state index is 0.0819. The Bertz CT molecular complexity index is 797. The fourth-order valence-electron chi connectivity index (χ4n) is 2.43. The molecule has 0 bridgehead atoms. The Hall–Kier alpha value is -3.10. The highest BCUT2D eigenvalue weighted by Crippen LogP contribution is 2.27. The first-order valence-electron chi connectivity index (χ1n) is 8.38. The summed E-state index contributed by atoms with van der Waals surface area (Å²) in [6.45, 7) is 0.314. The maximum atomic E-state index is 12.2. The van der Waals surface area contributed by atoms with Crippen molar-refractivity contribution < 1.29 is 32.2 Å². The van der Waals surface area contributed by atoms with E-state index in [0.717, 1.165) is 5.56 Å². The standard InChI is InChI=1S/C19H21F3N2O4/c1-26-16-7-6-13(10-17(16)27-2)8-9-23-18(25)12-24-14-4-3-5-15(11-14)28-19(20,21)22/h3-7,10-11,24H,8-9,12H2,1-2H3,(H,23,25). The van der Waals surface area contributed by atoms with E-state index in [1.165, 1.54) is 18.2 Å². The summed E-state index contributed by atoms with van der Waals surface area (Å²) >= 11 is 0. The minimum Gasteiger partial charge on any atom is -0.493 e. The fraction of sp³-hybridized carbons (Fsp3) is 0.316. The van der Waals surface area contributed by atoms with Gasteiger partial charge in [-0.15, -0.1) is 13.2 Å². The summed E-state index contributed by atoms with van der Waals surface area (Å²) in [7, 11) is 3.10. The van der Waals surface area contributed by atoms with Gasteiger partial charge >= 0.3 is 6.36 Å². The predicted molar refractivity (Wildman–Crippen MR) is 97.9 cm³/mol. The van der Waals surface area contributed by atoms with Crippen molar-refractivity contribution in [2.24, 2.45) is 0 Å². The lowest BCUT2D eigenvalue weighted by Gasteiger charge is -2.12. The lowest BCUT2D eigenvalue weighted by molar-refractivity contribution is -0.274. The third-order valence-electron chi connectivity index (χ3n) is 3.70. The molecule has 2 N–H and O–H groups in total. The molecule has 6 nitrogen and oxygen atoms in total. The van der Waals surface area contributed by atoms with Crippen molar-refractivity contribution in [2.45, 2.75) is 12.8 Å². The number of amides is 1. The normalized spacial score (nSPS) is 10.9. The molecule has 28 heavy (non-hydrogen) atoms. The molecule has 0 heterocycles. The largest absolute Gasteiger partial charge is 0.573 e. The molecule has 0 fully saturated rings. The molecule has 2 aromatic rings. The van der Waals surface area contributed by atoms with Gasteiger partial charge in [-0.1, -0.05) is 12.1 Å². The Labute approximate surface area is 160 Å². The Morgan fingerprint density at radius 3 is 2.46 bits per heavy atom. The van der Waals surface area contributed by atoms with Crippen LogP contribution >= 0.6 is 0 Å². The monoisotopic (exact) mass is 398 g/mol. The van der Waals surface area contributed by atoms with Crippen LogP contribution in [0.1, 0.15) is 5.56 Å². The van der Waals surface area contributed by atoms with Crippen molar-refractivity contribution in [3.8, 4) is 17.2 Å². The zero-order valence-corrected chi connectivity index (χ0v) is 15.4. The number of nitrogens with one attached hydrogen (secondary N) is 2. The van der Waals surface area contributed by atoms with Gasteiger partial charge in [-0.3, -0.25) is 4.79 Å². The molecular formula is C19H21F3N2O4. The summed E-state index contributed by atoms with van der Waals surface area (Å²) in [6, 6.07) is 10.8. The lowest BCUT2D eigenvalue weighted by atomic mass is 10.1. The number of alkyl halides is 3. The van der Waals surface area contributed by atoms with E-state index in [1.807, 2.05) is 12.1 Å². The van der Waals surface area contributed by atoms with Crippen LogP contribution in [0.4, 0.5) is 18.9 Å². The second kappa shape index (κ2) is 9.72. The molecule has 0 saturated heterocycles. The number of hydrogen-bond acceptors (Lipinski definition) is 5. The van der Waals surface area contributed by atoms with E-state index in [2.05, 4.69) is 15.4 Å². The van der Waals surface area contributed by atoms with Crippen molar-refractivity contribution >= 4 is 11.6 Å². The summed E-state index contributed by atoms with van der Waals surface area (Å²) in [5, 5.41) is 5.49. The van der Waals surface area contributed by atoms with Crippen LogP contribution in [0.3, 0.4) is 0 Å². The fourth-order valence-corrected chi connectivity index (χ4v) is 2.43. The highest BCUT2D eigenvalue weighted by atomic mass is 19.4. The van der Waals surface area contributed by atoms with Crippen molar-refractivity contribution in [1.29, 1.82) is 0 Å². The maximum Gasteiger partial charge on any atom is 0.573 e. The molecule has 0 aliphatic heterocycles. The van der Waals surface area contributed by atoms with E-state index in [4.69, 9.17) is 9.47 Å². The van der Waals surface area contributed by atoms with E-state index in [-0.39, 0.29) is 18.2 Å². The van der Waals surface area contributed by atoms with Gasteiger partial charge in [-0.05, 0) is 36.2 Å². The second-order valence-corrected chi connectivity index (χ2v) is 5.72. The summed E-state index contributed by atoms with van der Waals surface area (Å²) in [6.07, 6.45) is -4.18. The predicted octanol–water partition coefficient (Wildman–Crippen LogP) is 3.37. The minimum atomic E-state index is -4.76. The molecular weight excluding hydrogens is 377 g/mol. The van der Waals surface area contributed by atoms with E-state index < -0.39 is 6.36 Å². The van der Waals surface area contributed by atoms with Gasteiger partial charge in [0.1, 0.15) is 5.75 Å². The number of halogens is 3. The number of benzene rings is 2. The number of rotatable bonds is 9. The van der Waals surface area contributed by atoms with Crippen LogP contribution in [0.5, 0.6) is 17.2 Å². The molecule has 0 radical (unpaired) electrons. The molecule has 0 aromatic heterocycles. The van der Waals surface area contributed by atoms with Crippen LogP contribution in [-0.4, -0.2) is 39.6 Å². The van der Waals surface area contributed by atoms with E-state index in [0.29, 0.717) is 30.2 Å². The Morgan fingerprint density at radius 1 is 1.04 bits per heavy atom. The van der Waals surface area contributed by atoms with Crippen LogP contribution in [0.25, 0.3) is 0 Å². The van der Waals surface area contributed by atoms with Crippen LogP contribution in [-0.2, 0) is 11.2 Å². The van der Waals surface area contributed by atoms with Gasteiger partial charge in [0.05, 0.1) is 20.8 Å². The van der Waals surface area contributed by atoms with Crippen molar-refractivity contribution in [3.05, 3.63) is 48.0 Å². The van der Waals surface area contributed by atoms with Crippen LogP contribution in [0.15, 0.2) is 42.5 Å². The van der Waals surface area contributed by atoms with Gasteiger partial charge in [0.15, 0.2) is 11.5 Å². The van der Waals surface area contributed by atoms with Crippen molar-refractivity contribution in [1.82, 2.24) is 5.32 Å². The Morgan fingerprint density at radius 2 is 1.79 bits per heavy atom. The number of methoxy groups -OCH3 is 2. The average molecular weight is 398 g/mol. The molecule has 0 saturated carbocycles. The number of ether oxygens (including phenoxy) is 3. The Kier molecular flexibility index (Phi) is 7.36. The Balaban J connectivity index is 1.78. The van der Waals surface area contributed by atoms with Crippen LogP contribution in [0, 0.1) is 0 Å². The maximum absolute atomic E-state index is 12.2. The number of anilines is 1. The summed E-state index contributed by atoms with van der Waals surface area (Å²) in [5.41, 5.74) is 1.31. The molecule has 2 aromatic carbocycles. The van der Waals surface area contributed by atoms with Gasteiger partial charge in [0.2, 0.25) is 5.91 Å². The quantitative estimate of drug-likeness (QED) is 0.678.